The molecule has 0 spiro atoms. The predicted octanol–water partition coefficient (Wildman–Crippen LogP) is 0.254. The summed E-state index contributed by atoms with van der Waals surface area (Å²) in [5.41, 5.74) is 0. The molecule has 3 amide bonds. The van der Waals surface area contributed by atoms with Gasteiger partial charge in [-0.3, -0.25) is 9.59 Å². The highest BCUT2D eigenvalue weighted by Gasteiger charge is 2.51. The summed E-state index contributed by atoms with van der Waals surface area (Å²) in [4.78, 5) is 38.5. The number of urea groups is 1. The van der Waals surface area contributed by atoms with Gasteiger partial charge in [0.2, 0.25) is 5.91 Å². The zero-order valence-corrected chi connectivity index (χ0v) is 12.1. The lowest BCUT2D eigenvalue weighted by molar-refractivity contribution is -0.142. The molecule has 3 fully saturated rings. The normalized spacial score (nSPS) is 35.2. The molecule has 3 aliphatic heterocycles. The molecule has 0 aromatic rings. The van der Waals surface area contributed by atoms with Gasteiger partial charge in [0.05, 0.1) is 5.92 Å². The maximum absolute atomic E-state index is 12.4. The van der Waals surface area contributed by atoms with E-state index in [-0.39, 0.29) is 30.1 Å². The number of hydrogen-bond donors (Lipinski definition) is 2. The Bertz CT molecular complexity index is 481. The lowest BCUT2D eigenvalue weighted by Crippen LogP contribution is -2.53. The molecule has 116 valence electrons. The Morgan fingerprint density at radius 1 is 1.29 bits per heavy atom. The highest BCUT2D eigenvalue weighted by Crippen LogP contribution is 2.41. The van der Waals surface area contributed by atoms with Crippen LogP contribution in [0, 0.1) is 5.92 Å². The van der Waals surface area contributed by atoms with Crippen LogP contribution in [-0.2, 0) is 9.59 Å². The Morgan fingerprint density at radius 3 is 2.67 bits per heavy atom. The minimum absolute atomic E-state index is 0.0384. The maximum atomic E-state index is 12.4. The molecule has 0 aromatic carbocycles. The van der Waals surface area contributed by atoms with E-state index < -0.39 is 11.9 Å². The molecule has 3 aliphatic rings. The number of carboxylic acids is 1. The van der Waals surface area contributed by atoms with Crippen LogP contribution >= 0.6 is 0 Å². The lowest BCUT2D eigenvalue weighted by Gasteiger charge is -2.32. The molecule has 4 unspecified atom stereocenters. The number of nitrogens with zero attached hydrogens (tertiary/aromatic N) is 2. The van der Waals surface area contributed by atoms with E-state index >= 15 is 0 Å². The first-order chi connectivity index (χ1) is 9.97. The summed E-state index contributed by atoms with van der Waals surface area (Å²) in [7, 11) is 1.74. The molecule has 21 heavy (non-hydrogen) atoms. The first-order valence-electron chi connectivity index (χ1n) is 7.53. The van der Waals surface area contributed by atoms with Crippen LogP contribution in [-0.4, -0.2) is 64.5 Å². The third-order valence-corrected chi connectivity index (χ3v) is 5.04. The van der Waals surface area contributed by atoms with Gasteiger partial charge in [-0.05, 0) is 25.7 Å². The van der Waals surface area contributed by atoms with Gasteiger partial charge in [-0.1, -0.05) is 0 Å². The number of amides is 3. The molecule has 0 aliphatic carbocycles. The third-order valence-electron chi connectivity index (χ3n) is 5.04. The molecule has 0 saturated carbocycles. The number of aliphatic carboxylic acids is 1. The average molecular weight is 295 g/mol. The van der Waals surface area contributed by atoms with Gasteiger partial charge in [0.25, 0.3) is 0 Å². The summed E-state index contributed by atoms with van der Waals surface area (Å²) in [5.74, 6) is -1.12. The van der Waals surface area contributed by atoms with Gasteiger partial charge < -0.3 is 20.2 Å². The predicted molar refractivity (Wildman–Crippen MR) is 73.6 cm³/mol. The number of fused-ring (bicyclic) bond motifs is 2. The van der Waals surface area contributed by atoms with Gasteiger partial charge in [-0.25, -0.2) is 4.79 Å². The van der Waals surface area contributed by atoms with Crippen molar-refractivity contribution in [2.75, 3.05) is 13.6 Å². The maximum Gasteiger partial charge on any atom is 0.318 e. The minimum Gasteiger partial charge on any atom is -0.481 e. The van der Waals surface area contributed by atoms with Crippen molar-refractivity contribution in [1.29, 1.82) is 0 Å². The molecule has 3 saturated heterocycles. The highest BCUT2D eigenvalue weighted by molar-refractivity contribution is 5.80. The Labute approximate surface area is 123 Å². The van der Waals surface area contributed by atoms with Crippen molar-refractivity contribution in [2.45, 2.75) is 50.2 Å². The van der Waals surface area contributed by atoms with Crippen LogP contribution in [0.5, 0.6) is 0 Å². The Kier molecular flexibility index (Phi) is 3.51. The summed E-state index contributed by atoms with van der Waals surface area (Å²) in [6, 6.07) is -0.322. The van der Waals surface area contributed by atoms with E-state index in [0.29, 0.717) is 25.8 Å². The summed E-state index contributed by atoms with van der Waals surface area (Å²) < 4.78 is 0. The van der Waals surface area contributed by atoms with Crippen molar-refractivity contribution in [3.63, 3.8) is 0 Å². The first-order valence-corrected chi connectivity index (χ1v) is 7.53. The summed E-state index contributed by atoms with van der Waals surface area (Å²) >= 11 is 0. The number of carbonyl (C=O) groups excluding carboxylic acids is 2. The summed E-state index contributed by atoms with van der Waals surface area (Å²) in [6.45, 7) is 0.524. The Morgan fingerprint density at radius 2 is 2.05 bits per heavy atom. The second-order valence-electron chi connectivity index (χ2n) is 6.35. The van der Waals surface area contributed by atoms with Gasteiger partial charge in [-0.2, -0.15) is 0 Å². The molecule has 2 N–H and O–H groups in total. The lowest BCUT2D eigenvalue weighted by atomic mass is 9.89. The van der Waals surface area contributed by atoms with Crippen molar-refractivity contribution < 1.29 is 19.5 Å². The van der Waals surface area contributed by atoms with E-state index in [1.54, 1.807) is 16.8 Å². The first kappa shape index (κ1) is 14.2. The number of likely N-dealkylation sites (tertiary alicyclic amines) is 1. The van der Waals surface area contributed by atoms with Crippen molar-refractivity contribution in [3.8, 4) is 0 Å². The van der Waals surface area contributed by atoms with Gasteiger partial charge in [0.15, 0.2) is 0 Å². The molecular weight excluding hydrogens is 274 g/mol. The number of carboxylic acid groups (broad SMARTS) is 1. The molecule has 4 atom stereocenters. The van der Waals surface area contributed by atoms with E-state index in [1.807, 2.05) is 0 Å². The monoisotopic (exact) mass is 295 g/mol. The van der Waals surface area contributed by atoms with Gasteiger partial charge >= 0.3 is 12.0 Å². The van der Waals surface area contributed by atoms with Crippen LogP contribution in [0.1, 0.15) is 32.1 Å². The third kappa shape index (κ3) is 2.45. The average Bonchev–Trinajstić information content (AvgIpc) is 3.00. The van der Waals surface area contributed by atoms with Crippen molar-refractivity contribution in [3.05, 3.63) is 0 Å². The van der Waals surface area contributed by atoms with Crippen LogP contribution < -0.4 is 5.32 Å². The fourth-order valence-corrected chi connectivity index (χ4v) is 3.95. The van der Waals surface area contributed by atoms with Gasteiger partial charge in [-0.15, -0.1) is 0 Å². The van der Waals surface area contributed by atoms with E-state index in [0.717, 1.165) is 12.8 Å². The molecule has 7 nitrogen and oxygen atoms in total. The second-order valence-corrected chi connectivity index (χ2v) is 6.35. The standard InChI is InChI=1S/C14H21N3O4/c1-16-7-8(2-5-12(16)18)15-14(21)17-9-3-4-11(17)10(6-9)13(19)20/h8-11H,2-7H2,1H3,(H,15,21)(H,19,20). The molecule has 2 bridgehead atoms. The van der Waals surface area contributed by atoms with E-state index in [9.17, 15) is 19.5 Å². The van der Waals surface area contributed by atoms with Crippen LogP contribution in [0.15, 0.2) is 0 Å². The number of carbonyl (C=O) groups is 3. The van der Waals surface area contributed by atoms with E-state index in [2.05, 4.69) is 5.32 Å². The summed E-state index contributed by atoms with van der Waals surface area (Å²) in [6.07, 6.45) is 3.34. The number of hydrogen-bond acceptors (Lipinski definition) is 3. The van der Waals surface area contributed by atoms with Crippen LogP contribution in [0.2, 0.25) is 0 Å². The van der Waals surface area contributed by atoms with Crippen LogP contribution in [0.3, 0.4) is 0 Å². The number of piperidine rings is 1. The van der Waals surface area contributed by atoms with Crippen LogP contribution in [0.25, 0.3) is 0 Å². The zero-order chi connectivity index (χ0) is 15.1. The van der Waals surface area contributed by atoms with E-state index in [1.165, 1.54) is 0 Å². The molecule has 3 rings (SSSR count). The Balaban J connectivity index is 1.62. The fourth-order valence-electron chi connectivity index (χ4n) is 3.95. The smallest absolute Gasteiger partial charge is 0.318 e. The largest absolute Gasteiger partial charge is 0.481 e. The van der Waals surface area contributed by atoms with Crippen LogP contribution in [0.4, 0.5) is 4.79 Å². The SMILES string of the molecule is CN1CC(NC(=O)N2C3CCC2C(C(=O)O)C3)CCC1=O. The zero-order valence-electron chi connectivity index (χ0n) is 12.1. The Hall–Kier alpha value is -1.79. The summed E-state index contributed by atoms with van der Waals surface area (Å²) in [5, 5.41) is 12.2. The molecule has 7 heteroatoms. The van der Waals surface area contributed by atoms with E-state index in [4.69, 9.17) is 0 Å². The van der Waals surface area contributed by atoms with Crippen molar-refractivity contribution in [2.24, 2.45) is 5.92 Å². The molecular formula is C14H21N3O4. The fraction of sp³-hybridized carbons (Fsp3) is 0.786. The highest BCUT2D eigenvalue weighted by atomic mass is 16.4. The number of rotatable bonds is 2. The van der Waals surface area contributed by atoms with Gasteiger partial charge in [0.1, 0.15) is 0 Å². The number of nitrogens with one attached hydrogen (secondary N) is 1. The van der Waals surface area contributed by atoms with Crippen molar-refractivity contribution >= 4 is 17.9 Å². The molecule has 0 radical (unpaired) electrons. The van der Waals surface area contributed by atoms with Crippen molar-refractivity contribution in [1.82, 2.24) is 15.1 Å². The minimum atomic E-state index is -0.803. The quantitative estimate of drug-likeness (QED) is 0.764. The number of likely N-dealkylation sites (N-methyl/N-ethyl adjacent to an activating group) is 1. The topological polar surface area (TPSA) is 90.0 Å². The second kappa shape index (κ2) is 5.20. The molecule has 0 aromatic heterocycles. The van der Waals surface area contributed by atoms with Gasteiger partial charge in [0, 0.05) is 38.1 Å². The molecule has 3 heterocycles.